The molecule has 0 bridgehead atoms. The Morgan fingerprint density at radius 3 is 2.83 bits per heavy atom. The lowest BCUT2D eigenvalue weighted by atomic mass is 9.97. The summed E-state index contributed by atoms with van der Waals surface area (Å²) < 4.78 is 5.60. The van der Waals surface area contributed by atoms with Gasteiger partial charge in [0.2, 0.25) is 0 Å². The van der Waals surface area contributed by atoms with E-state index in [0.717, 1.165) is 56.7 Å². The summed E-state index contributed by atoms with van der Waals surface area (Å²) in [5.41, 5.74) is 1.58. The van der Waals surface area contributed by atoms with E-state index in [4.69, 9.17) is 16.3 Å². The predicted molar refractivity (Wildman–Crippen MR) is 116 cm³/mol. The van der Waals surface area contributed by atoms with Crippen molar-refractivity contribution in [2.45, 2.75) is 38.5 Å². The van der Waals surface area contributed by atoms with Crippen LogP contribution in [0.5, 0.6) is 5.75 Å². The average Bonchev–Trinajstić information content (AvgIpc) is 2.89. The smallest absolute Gasteiger partial charge is 0.262 e. The molecule has 1 saturated heterocycles. The molecule has 0 spiro atoms. The molecule has 2 aliphatic heterocycles. The minimum atomic E-state index is -0.105. The van der Waals surface area contributed by atoms with Gasteiger partial charge in [0.1, 0.15) is 23.0 Å². The van der Waals surface area contributed by atoms with Gasteiger partial charge in [-0.2, -0.15) is 0 Å². The van der Waals surface area contributed by atoms with E-state index in [-0.39, 0.29) is 5.91 Å². The highest BCUT2D eigenvalue weighted by Gasteiger charge is 2.26. The fourth-order valence-corrected chi connectivity index (χ4v) is 4.34. The predicted octanol–water partition coefficient (Wildman–Crippen LogP) is 4.32. The van der Waals surface area contributed by atoms with Crippen LogP contribution in [0.1, 0.15) is 53.3 Å². The van der Waals surface area contributed by atoms with Crippen LogP contribution >= 0.6 is 11.6 Å². The summed E-state index contributed by atoms with van der Waals surface area (Å²) in [5.74, 6) is 1.80. The third-order valence-electron chi connectivity index (χ3n) is 5.71. The summed E-state index contributed by atoms with van der Waals surface area (Å²) in [5, 5.41) is 0.327. The van der Waals surface area contributed by atoms with Crippen molar-refractivity contribution >= 4 is 17.5 Å². The number of fused-ring (bicyclic) bond motifs is 1. The zero-order valence-corrected chi connectivity index (χ0v) is 18.0. The number of carbonyl (C=O) groups is 1. The highest BCUT2D eigenvalue weighted by atomic mass is 35.5. The maximum Gasteiger partial charge on any atom is 0.262 e. The van der Waals surface area contributed by atoms with E-state index in [1.165, 1.54) is 6.26 Å². The lowest BCUT2D eigenvalue weighted by Crippen LogP contribution is -2.36. The van der Waals surface area contributed by atoms with Gasteiger partial charge < -0.3 is 9.64 Å². The number of hydrogen-bond donors (Lipinski definition) is 0. The summed E-state index contributed by atoms with van der Waals surface area (Å²) in [7, 11) is 0. The van der Waals surface area contributed by atoms with Crippen molar-refractivity contribution in [2.24, 2.45) is 0 Å². The first-order valence-electron chi connectivity index (χ1n) is 10.6. The van der Waals surface area contributed by atoms with E-state index in [2.05, 4.69) is 14.9 Å². The molecule has 0 aliphatic carbocycles. The number of piperidine rings is 1. The van der Waals surface area contributed by atoms with Gasteiger partial charge in [0.05, 0.1) is 5.56 Å². The van der Waals surface area contributed by atoms with Crippen LogP contribution in [0.25, 0.3) is 0 Å². The molecule has 6 nitrogen and oxygen atoms in total. The van der Waals surface area contributed by atoms with Gasteiger partial charge in [0.25, 0.3) is 5.91 Å². The SMILES string of the molecule is Cc1ccc2c(c1)C(=O)N(CCCCN1CCCC(c3ncccn3)C1)C(Cl)=CO2. The first-order chi connectivity index (χ1) is 14.6. The number of hydrogen-bond acceptors (Lipinski definition) is 5. The average molecular weight is 427 g/mol. The van der Waals surface area contributed by atoms with Crippen LogP contribution in [0, 0.1) is 6.92 Å². The summed E-state index contributed by atoms with van der Waals surface area (Å²) in [4.78, 5) is 25.9. The topological polar surface area (TPSA) is 58.6 Å². The number of unbranched alkanes of at least 4 members (excludes halogenated alkanes) is 1. The Labute approximate surface area is 182 Å². The van der Waals surface area contributed by atoms with E-state index in [1.807, 2.05) is 43.6 Å². The van der Waals surface area contributed by atoms with E-state index < -0.39 is 0 Å². The number of carbonyl (C=O) groups excluding carboxylic acids is 1. The van der Waals surface area contributed by atoms with E-state index in [9.17, 15) is 4.79 Å². The molecule has 3 heterocycles. The van der Waals surface area contributed by atoms with Crippen LogP contribution < -0.4 is 4.74 Å². The van der Waals surface area contributed by atoms with Gasteiger partial charge in [-0.3, -0.25) is 9.69 Å². The Hall–Kier alpha value is -2.44. The molecule has 1 amide bonds. The van der Waals surface area contributed by atoms with Crippen molar-refractivity contribution in [1.82, 2.24) is 19.8 Å². The molecule has 158 valence electrons. The van der Waals surface area contributed by atoms with Crippen molar-refractivity contribution in [1.29, 1.82) is 0 Å². The Balaban J connectivity index is 1.30. The van der Waals surface area contributed by atoms with Crippen LogP contribution in [-0.4, -0.2) is 51.9 Å². The second-order valence-electron chi connectivity index (χ2n) is 7.97. The summed E-state index contributed by atoms with van der Waals surface area (Å²) >= 11 is 6.34. The number of likely N-dealkylation sites (tertiary alicyclic amines) is 1. The third-order valence-corrected chi connectivity index (χ3v) is 6.01. The van der Waals surface area contributed by atoms with Crippen LogP contribution in [0.15, 0.2) is 48.1 Å². The van der Waals surface area contributed by atoms with Crippen molar-refractivity contribution < 1.29 is 9.53 Å². The minimum absolute atomic E-state index is 0.105. The van der Waals surface area contributed by atoms with Crippen molar-refractivity contribution in [3.05, 3.63) is 65.0 Å². The molecule has 7 heteroatoms. The van der Waals surface area contributed by atoms with Gasteiger partial charge in [0, 0.05) is 31.4 Å². The molecule has 1 fully saturated rings. The summed E-state index contributed by atoms with van der Waals surface area (Å²) in [6, 6.07) is 7.46. The van der Waals surface area contributed by atoms with Crippen molar-refractivity contribution in [3.8, 4) is 5.75 Å². The number of aryl methyl sites for hydroxylation is 1. The number of ether oxygens (including phenoxy) is 1. The zero-order valence-electron chi connectivity index (χ0n) is 17.3. The molecular weight excluding hydrogens is 400 g/mol. The maximum atomic E-state index is 13.0. The van der Waals surface area contributed by atoms with E-state index >= 15 is 0 Å². The molecule has 0 radical (unpaired) electrons. The molecule has 4 rings (SSSR count). The monoisotopic (exact) mass is 426 g/mol. The van der Waals surface area contributed by atoms with Gasteiger partial charge in [-0.05, 0) is 63.9 Å². The summed E-state index contributed by atoms with van der Waals surface area (Å²) in [6.07, 6.45) is 9.27. The molecule has 1 atom stereocenters. The van der Waals surface area contributed by atoms with Gasteiger partial charge in [-0.25, -0.2) is 9.97 Å². The van der Waals surface area contributed by atoms with E-state index in [0.29, 0.717) is 28.9 Å². The molecule has 1 aromatic heterocycles. The fraction of sp³-hybridized carbons (Fsp3) is 0.435. The lowest BCUT2D eigenvalue weighted by Gasteiger charge is -2.32. The molecular formula is C23H27ClN4O2. The van der Waals surface area contributed by atoms with Gasteiger partial charge in [0.15, 0.2) is 0 Å². The Morgan fingerprint density at radius 1 is 1.20 bits per heavy atom. The highest BCUT2D eigenvalue weighted by Crippen LogP contribution is 2.29. The number of rotatable bonds is 6. The quantitative estimate of drug-likeness (QED) is 0.508. The van der Waals surface area contributed by atoms with Gasteiger partial charge in [-0.1, -0.05) is 23.2 Å². The Morgan fingerprint density at radius 2 is 2.00 bits per heavy atom. The van der Waals surface area contributed by atoms with Crippen LogP contribution in [0.2, 0.25) is 0 Å². The van der Waals surface area contributed by atoms with Crippen molar-refractivity contribution in [2.75, 3.05) is 26.2 Å². The van der Waals surface area contributed by atoms with Crippen LogP contribution in [0.3, 0.4) is 0 Å². The molecule has 2 aromatic rings. The van der Waals surface area contributed by atoms with Crippen LogP contribution in [-0.2, 0) is 0 Å². The van der Waals surface area contributed by atoms with Gasteiger partial charge in [-0.15, -0.1) is 0 Å². The second-order valence-corrected chi connectivity index (χ2v) is 8.36. The number of nitrogens with zero attached hydrogens (tertiary/aromatic N) is 4. The number of benzene rings is 1. The Kier molecular flexibility index (Phi) is 6.65. The number of amides is 1. The normalized spacial score (nSPS) is 19.7. The molecule has 1 unspecified atom stereocenters. The Bertz CT molecular complexity index is 919. The summed E-state index contributed by atoms with van der Waals surface area (Å²) in [6.45, 7) is 5.63. The van der Waals surface area contributed by atoms with Crippen molar-refractivity contribution in [3.63, 3.8) is 0 Å². The molecule has 0 N–H and O–H groups in total. The number of halogens is 1. The third kappa shape index (κ3) is 4.82. The molecule has 0 saturated carbocycles. The standard InChI is InChI=1S/C23H27ClN4O2/c1-17-7-8-20-19(14-17)23(29)28(21(24)16-30-20)13-3-2-11-27-12-4-6-18(15-27)22-25-9-5-10-26-22/h5,7-10,14,16,18H,2-4,6,11-13,15H2,1H3. The molecule has 30 heavy (non-hydrogen) atoms. The molecule has 2 aliphatic rings. The maximum absolute atomic E-state index is 13.0. The lowest BCUT2D eigenvalue weighted by molar-refractivity contribution is 0.0814. The fourth-order valence-electron chi connectivity index (χ4n) is 4.14. The highest BCUT2D eigenvalue weighted by molar-refractivity contribution is 6.30. The zero-order chi connectivity index (χ0) is 20.9. The molecule has 1 aromatic carbocycles. The minimum Gasteiger partial charge on any atom is -0.461 e. The first-order valence-corrected chi connectivity index (χ1v) is 10.9. The van der Waals surface area contributed by atoms with E-state index in [1.54, 1.807) is 4.90 Å². The van der Waals surface area contributed by atoms with Crippen LogP contribution in [0.4, 0.5) is 0 Å². The second kappa shape index (κ2) is 9.58. The number of aromatic nitrogens is 2. The first kappa shape index (κ1) is 20.8. The van der Waals surface area contributed by atoms with Gasteiger partial charge >= 0.3 is 0 Å². The largest absolute Gasteiger partial charge is 0.461 e.